The third kappa shape index (κ3) is 7.54. The van der Waals surface area contributed by atoms with E-state index in [0.717, 1.165) is 18.8 Å². The Labute approximate surface area is 124 Å². The van der Waals surface area contributed by atoms with Crippen LogP contribution in [-0.4, -0.2) is 19.8 Å². The molecule has 0 aliphatic carbocycles. The van der Waals surface area contributed by atoms with Crippen molar-refractivity contribution in [2.24, 2.45) is 0 Å². The van der Waals surface area contributed by atoms with Crippen molar-refractivity contribution in [3.63, 3.8) is 0 Å². The first-order chi connectivity index (χ1) is 9.88. The highest BCUT2D eigenvalue weighted by atomic mass is 16.5. The first-order valence-corrected chi connectivity index (χ1v) is 8.17. The number of hydrogen-bond donors (Lipinski definition) is 0. The average Bonchev–Trinajstić information content (AvgIpc) is 2.48. The highest BCUT2D eigenvalue weighted by Crippen LogP contribution is 2.20. The molecule has 0 radical (unpaired) electrons. The van der Waals surface area contributed by atoms with Crippen LogP contribution in [0.5, 0.6) is 5.75 Å². The van der Waals surface area contributed by atoms with Gasteiger partial charge in [0.15, 0.2) is 0 Å². The Hall–Kier alpha value is -1.02. The SMILES string of the molecule is CCCCCCCCc1ccccc1OCCOCC. The van der Waals surface area contributed by atoms with E-state index >= 15 is 0 Å². The third-order valence-electron chi connectivity index (χ3n) is 3.46. The summed E-state index contributed by atoms with van der Waals surface area (Å²) in [6, 6.07) is 8.39. The normalized spacial score (nSPS) is 10.7. The molecule has 0 aromatic heterocycles. The Morgan fingerprint density at radius 1 is 0.850 bits per heavy atom. The number of rotatable bonds is 12. The van der Waals surface area contributed by atoms with Crippen LogP contribution in [0, 0.1) is 0 Å². The summed E-state index contributed by atoms with van der Waals surface area (Å²) in [6.07, 6.45) is 9.14. The fourth-order valence-corrected chi connectivity index (χ4v) is 2.30. The van der Waals surface area contributed by atoms with Crippen LogP contribution >= 0.6 is 0 Å². The fraction of sp³-hybridized carbons (Fsp3) is 0.667. The van der Waals surface area contributed by atoms with Gasteiger partial charge in [0.2, 0.25) is 0 Å². The highest BCUT2D eigenvalue weighted by Gasteiger charge is 2.02. The van der Waals surface area contributed by atoms with Crippen LogP contribution < -0.4 is 4.74 Å². The van der Waals surface area contributed by atoms with Gasteiger partial charge in [0.05, 0.1) is 6.61 Å². The Morgan fingerprint density at radius 2 is 1.60 bits per heavy atom. The zero-order valence-corrected chi connectivity index (χ0v) is 13.2. The number of unbranched alkanes of at least 4 members (excludes halogenated alkanes) is 5. The van der Waals surface area contributed by atoms with Gasteiger partial charge >= 0.3 is 0 Å². The molecule has 0 heterocycles. The average molecular weight is 278 g/mol. The molecule has 0 bridgehead atoms. The van der Waals surface area contributed by atoms with Crippen molar-refractivity contribution in [3.05, 3.63) is 29.8 Å². The molecule has 2 nitrogen and oxygen atoms in total. The molecule has 2 heteroatoms. The maximum absolute atomic E-state index is 5.81. The summed E-state index contributed by atoms with van der Waals surface area (Å²) in [7, 11) is 0. The molecular formula is C18H30O2. The van der Waals surface area contributed by atoms with Crippen molar-refractivity contribution < 1.29 is 9.47 Å². The van der Waals surface area contributed by atoms with E-state index in [1.54, 1.807) is 0 Å². The van der Waals surface area contributed by atoms with E-state index in [0.29, 0.717) is 13.2 Å². The molecule has 0 aliphatic rings. The third-order valence-corrected chi connectivity index (χ3v) is 3.46. The number of para-hydroxylation sites is 1. The van der Waals surface area contributed by atoms with Crippen LogP contribution in [0.15, 0.2) is 24.3 Å². The Bertz CT molecular complexity index is 336. The van der Waals surface area contributed by atoms with Crippen molar-refractivity contribution in [2.75, 3.05) is 19.8 Å². The lowest BCUT2D eigenvalue weighted by Crippen LogP contribution is -2.07. The Balaban J connectivity index is 2.26. The molecule has 1 rings (SSSR count). The summed E-state index contributed by atoms with van der Waals surface area (Å²) >= 11 is 0. The van der Waals surface area contributed by atoms with Crippen LogP contribution in [0.3, 0.4) is 0 Å². The van der Waals surface area contributed by atoms with Crippen LogP contribution in [0.2, 0.25) is 0 Å². The molecule has 114 valence electrons. The smallest absolute Gasteiger partial charge is 0.122 e. The fourth-order valence-electron chi connectivity index (χ4n) is 2.30. The monoisotopic (exact) mass is 278 g/mol. The summed E-state index contributed by atoms with van der Waals surface area (Å²) in [5, 5.41) is 0. The number of benzene rings is 1. The van der Waals surface area contributed by atoms with E-state index in [1.807, 2.05) is 13.0 Å². The number of ether oxygens (including phenoxy) is 2. The molecule has 0 spiro atoms. The molecule has 0 unspecified atom stereocenters. The maximum atomic E-state index is 5.81. The van der Waals surface area contributed by atoms with Crippen molar-refractivity contribution in [3.8, 4) is 5.75 Å². The lowest BCUT2D eigenvalue weighted by molar-refractivity contribution is 0.110. The summed E-state index contributed by atoms with van der Waals surface area (Å²) in [5.74, 6) is 1.03. The van der Waals surface area contributed by atoms with Gasteiger partial charge < -0.3 is 9.47 Å². The van der Waals surface area contributed by atoms with Crippen LogP contribution in [0.1, 0.15) is 57.9 Å². The van der Waals surface area contributed by atoms with Gasteiger partial charge in [-0.3, -0.25) is 0 Å². The predicted octanol–water partition coefficient (Wildman–Crippen LogP) is 5.00. The summed E-state index contributed by atoms with van der Waals surface area (Å²) in [5.41, 5.74) is 1.33. The van der Waals surface area contributed by atoms with E-state index in [4.69, 9.17) is 9.47 Å². The quantitative estimate of drug-likeness (QED) is 0.501. The molecule has 1 aromatic carbocycles. The lowest BCUT2D eigenvalue weighted by atomic mass is 10.0. The first kappa shape index (κ1) is 17.0. The van der Waals surface area contributed by atoms with Crippen molar-refractivity contribution in [1.29, 1.82) is 0 Å². The molecule has 20 heavy (non-hydrogen) atoms. The minimum atomic E-state index is 0.640. The number of aryl methyl sites for hydroxylation is 1. The van der Waals surface area contributed by atoms with Crippen molar-refractivity contribution in [2.45, 2.75) is 58.8 Å². The zero-order valence-electron chi connectivity index (χ0n) is 13.2. The van der Waals surface area contributed by atoms with Crippen LogP contribution in [0.25, 0.3) is 0 Å². The van der Waals surface area contributed by atoms with Gasteiger partial charge in [-0.15, -0.1) is 0 Å². The summed E-state index contributed by atoms with van der Waals surface area (Å²) in [6.45, 7) is 6.33. The minimum Gasteiger partial charge on any atom is -0.491 e. The van der Waals surface area contributed by atoms with Gasteiger partial charge in [-0.2, -0.15) is 0 Å². The Morgan fingerprint density at radius 3 is 2.40 bits per heavy atom. The number of hydrogen-bond acceptors (Lipinski definition) is 2. The first-order valence-electron chi connectivity index (χ1n) is 8.17. The van der Waals surface area contributed by atoms with Crippen molar-refractivity contribution in [1.82, 2.24) is 0 Å². The Kier molecular flexibility index (Phi) is 10.0. The second-order valence-electron chi connectivity index (χ2n) is 5.17. The second kappa shape index (κ2) is 11.8. The van der Waals surface area contributed by atoms with E-state index < -0.39 is 0 Å². The largest absolute Gasteiger partial charge is 0.491 e. The van der Waals surface area contributed by atoms with E-state index in [9.17, 15) is 0 Å². The van der Waals surface area contributed by atoms with Gasteiger partial charge in [0.25, 0.3) is 0 Å². The van der Waals surface area contributed by atoms with Crippen molar-refractivity contribution >= 4 is 0 Å². The molecule has 0 aliphatic heterocycles. The van der Waals surface area contributed by atoms with Gasteiger partial charge in [0.1, 0.15) is 12.4 Å². The maximum Gasteiger partial charge on any atom is 0.122 e. The molecule has 0 saturated heterocycles. The van der Waals surface area contributed by atoms with E-state index in [-0.39, 0.29) is 0 Å². The lowest BCUT2D eigenvalue weighted by Gasteiger charge is -2.11. The molecular weight excluding hydrogens is 248 g/mol. The summed E-state index contributed by atoms with van der Waals surface area (Å²) in [4.78, 5) is 0. The van der Waals surface area contributed by atoms with Gasteiger partial charge in [0, 0.05) is 6.61 Å². The van der Waals surface area contributed by atoms with E-state index in [1.165, 1.54) is 44.1 Å². The van der Waals surface area contributed by atoms with Gasteiger partial charge in [-0.05, 0) is 31.4 Å². The van der Waals surface area contributed by atoms with Gasteiger partial charge in [-0.1, -0.05) is 57.2 Å². The van der Waals surface area contributed by atoms with Crippen LogP contribution in [-0.2, 0) is 11.2 Å². The summed E-state index contributed by atoms with van der Waals surface area (Å²) < 4.78 is 11.1. The topological polar surface area (TPSA) is 18.5 Å². The molecule has 0 fully saturated rings. The zero-order chi connectivity index (χ0) is 14.5. The van der Waals surface area contributed by atoms with Gasteiger partial charge in [-0.25, -0.2) is 0 Å². The molecule has 0 N–H and O–H groups in total. The van der Waals surface area contributed by atoms with E-state index in [2.05, 4.69) is 25.1 Å². The standard InChI is InChI=1S/C18H30O2/c1-3-5-6-7-8-9-12-17-13-10-11-14-18(17)20-16-15-19-4-2/h10-11,13-14H,3-9,12,15-16H2,1-2H3. The molecule has 0 saturated carbocycles. The molecule has 1 aromatic rings. The minimum absolute atomic E-state index is 0.640. The second-order valence-corrected chi connectivity index (χ2v) is 5.17. The highest BCUT2D eigenvalue weighted by molar-refractivity contribution is 5.33. The predicted molar refractivity (Wildman–Crippen MR) is 85.5 cm³/mol. The molecule has 0 atom stereocenters. The van der Waals surface area contributed by atoms with Crippen LogP contribution in [0.4, 0.5) is 0 Å². The molecule has 0 amide bonds.